The van der Waals surface area contributed by atoms with Crippen LogP contribution in [0.1, 0.15) is 45.2 Å². The first-order chi connectivity index (χ1) is 8.52. The van der Waals surface area contributed by atoms with E-state index in [1.54, 1.807) is 0 Å². The lowest BCUT2D eigenvalue weighted by Gasteiger charge is -2.26. The second kappa shape index (κ2) is 7.19. The molecule has 0 aliphatic rings. The van der Waals surface area contributed by atoms with Gasteiger partial charge in [-0.05, 0) is 46.9 Å². The van der Waals surface area contributed by atoms with E-state index in [2.05, 4.69) is 21.2 Å². The highest BCUT2D eigenvalue weighted by atomic mass is 79.9. The molecule has 0 saturated carbocycles. The fourth-order valence-corrected chi connectivity index (χ4v) is 2.30. The molecule has 0 saturated heterocycles. The van der Waals surface area contributed by atoms with Crippen LogP contribution in [0.15, 0.2) is 16.6 Å². The van der Waals surface area contributed by atoms with E-state index in [4.69, 9.17) is 0 Å². The minimum atomic E-state index is -0.496. The second-order valence-electron chi connectivity index (χ2n) is 4.57. The maximum absolute atomic E-state index is 14.1. The third-order valence-electron chi connectivity index (χ3n) is 3.22. The maximum Gasteiger partial charge on any atom is 0.145 e. The minimum absolute atomic E-state index is 0.146. The minimum Gasteiger partial charge on any atom is -0.310 e. The lowest BCUT2D eigenvalue weighted by atomic mass is 9.91. The Balaban J connectivity index is 3.15. The number of hydrogen-bond acceptors (Lipinski definition) is 1. The van der Waals surface area contributed by atoms with Crippen molar-refractivity contribution in [3.8, 4) is 0 Å². The molecule has 0 aliphatic carbocycles. The summed E-state index contributed by atoms with van der Waals surface area (Å²) in [5.41, 5.74) is 0.146. The predicted molar refractivity (Wildman–Crippen MR) is 74.5 cm³/mol. The maximum atomic E-state index is 14.1. The van der Waals surface area contributed by atoms with Gasteiger partial charge >= 0.3 is 0 Å². The smallest absolute Gasteiger partial charge is 0.145 e. The molecule has 18 heavy (non-hydrogen) atoms. The predicted octanol–water partition coefficient (Wildman–Crippen LogP) is 4.81. The molecule has 4 heteroatoms. The summed E-state index contributed by atoms with van der Waals surface area (Å²) in [6.07, 6.45) is 1.80. The standard InChI is InChI=1S/C14H20BrF2N/c1-4-8-18-14(9(3)5-2)12-11(16)7-6-10(15)13(12)17/h6-7,9,14,18H,4-5,8H2,1-3H3. The summed E-state index contributed by atoms with van der Waals surface area (Å²) in [4.78, 5) is 0. The van der Waals surface area contributed by atoms with Gasteiger partial charge in [-0.2, -0.15) is 0 Å². The Hall–Kier alpha value is -0.480. The summed E-state index contributed by atoms with van der Waals surface area (Å²) in [6.45, 7) is 6.82. The van der Waals surface area contributed by atoms with E-state index in [1.165, 1.54) is 12.1 Å². The Morgan fingerprint density at radius 3 is 2.50 bits per heavy atom. The van der Waals surface area contributed by atoms with Crippen molar-refractivity contribution < 1.29 is 8.78 Å². The van der Waals surface area contributed by atoms with Crippen LogP contribution in [0.3, 0.4) is 0 Å². The molecule has 0 spiro atoms. The highest BCUT2D eigenvalue weighted by Gasteiger charge is 2.25. The van der Waals surface area contributed by atoms with Gasteiger partial charge < -0.3 is 5.32 Å². The summed E-state index contributed by atoms with van der Waals surface area (Å²) in [6, 6.07) is 2.43. The molecule has 0 radical (unpaired) electrons. The van der Waals surface area contributed by atoms with E-state index >= 15 is 0 Å². The molecule has 0 bridgehead atoms. The summed E-state index contributed by atoms with van der Waals surface area (Å²) in [5, 5.41) is 3.24. The number of benzene rings is 1. The van der Waals surface area contributed by atoms with Crippen LogP contribution in [0.25, 0.3) is 0 Å². The molecule has 1 N–H and O–H groups in total. The van der Waals surface area contributed by atoms with Crippen LogP contribution < -0.4 is 5.32 Å². The van der Waals surface area contributed by atoms with Crippen LogP contribution >= 0.6 is 15.9 Å². The van der Waals surface area contributed by atoms with E-state index in [1.807, 2.05) is 20.8 Å². The van der Waals surface area contributed by atoms with Crippen LogP contribution in [0, 0.1) is 17.6 Å². The van der Waals surface area contributed by atoms with Crippen molar-refractivity contribution in [2.24, 2.45) is 5.92 Å². The lowest BCUT2D eigenvalue weighted by Crippen LogP contribution is -2.29. The molecular formula is C14H20BrF2N. The van der Waals surface area contributed by atoms with Gasteiger partial charge in [-0.1, -0.05) is 27.2 Å². The third-order valence-corrected chi connectivity index (χ3v) is 3.83. The first kappa shape index (κ1) is 15.6. The van der Waals surface area contributed by atoms with Crippen LogP contribution in [0.4, 0.5) is 8.78 Å². The molecule has 102 valence electrons. The Labute approximate surface area is 116 Å². The van der Waals surface area contributed by atoms with Gasteiger partial charge in [0.2, 0.25) is 0 Å². The first-order valence-corrected chi connectivity index (χ1v) is 7.18. The Bertz CT molecular complexity index is 396. The normalized spacial score (nSPS) is 14.6. The molecule has 0 heterocycles. The van der Waals surface area contributed by atoms with Crippen molar-refractivity contribution >= 4 is 15.9 Å². The van der Waals surface area contributed by atoms with Crippen molar-refractivity contribution in [1.29, 1.82) is 0 Å². The summed E-state index contributed by atoms with van der Waals surface area (Å²) >= 11 is 3.12. The number of rotatable bonds is 6. The molecule has 1 aromatic rings. The number of halogens is 3. The summed E-state index contributed by atoms with van der Waals surface area (Å²) in [5.74, 6) is -0.802. The Morgan fingerprint density at radius 2 is 1.94 bits per heavy atom. The zero-order chi connectivity index (χ0) is 13.7. The summed E-state index contributed by atoms with van der Waals surface area (Å²) in [7, 11) is 0. The molecule has 1 aromatic carbocycles. The fraction of sp³-hybridized carbons (Fsp3) is 0.571. The van der Waals surface area contributed by atoms with Crippen molar-refractivity contribution in [1.82, 2.24) is 5.32 Å². The average molecular weight is 320 g/mol. The largest absolute Gasteiger partial charge is 0.310 e. The van der Waals surface area contributed by atoms with Gasteiger partial charge in [0.25, 0.3) is 0 Å². The average Bonchev–Trinajstić information content (AvgIpc) is 2.37. The summed E-state index contributed by atoms with van der Waals surface area (Å²) < 4.78 is 28.3. The zero-order valence-corrected chi connectivity index (χ0v) is 12.7. The van der Waals surface area contributed by atoms with Gasteiger partial charge in [0, 0.05) is 11.6 Å². The fourth-order valence-electron chi connectivity index (χ4n) is 1.95. The molecule has 2 atom stereocenters. The first-order valence-electron chi connectivity index (χ1n) is 6.39. The van der Waals surface area contributed by atoms with Gasteiger partial charge in [0.1, 0.15) is 11.6 Å². The molecule has 0 aromatic heterocycles. The molecule has 0 fully saturated rings. The number of nitrogens with one attached hydrogen (secondary N) is 1. The Kier molecular flexibility index (Phi) is 6.22. The molecule has 0 aliphatic heterocycles. The van der Waals surface area contributed by atoms with E-state index in [0.29, 0.717) is 4.47 Å². The second-order valence-corrected chi connectivity index (χ2v) is 5.43. The van der Waals surface area contributed by atoms with Crippen molar-refractivity contribution in [2.75, 3.05) is 6.54 Å². The van der Waals surface area contributed by atoms with Gasteiger partial charge in [0.15, 0.2) is 0 Å². The van der Waals surface area contributed by atoms with Crippen molar-refractivity contribution in [3.63, 3.8) is 0 Å². The van der Waals surface area contributed by atoms with Crippen molar-refractivity contribution in [3.05, 3.63) is 33.8 Å². The highest BCUT2D eigenvalue weighted by Crippen LogP contribution is 2.32. The quantitative estimate of drug-likeness (QED) is 0.742. The molecule has 1 rings (SSSR count). The lowest BCUT2D eigenvalue weighted by molar-refractivity contribution is 0.352. The van der Waals surface area contributed by atoms with Gasteiger partial charge in [-0.3, -0.25) is 0 Å². The SMILES string of the molecule is CCCNC(c1c(F)ccc(Br)c1F)C(C)CC. The van der Waals surface area contributed by atoms with Crippen LogP contribution in [0.5, 0.6) is 0 Å². The molecule has 2 unspecified atom stereocenters. The van der Waals surface area contributed by atoms with Gasteiger partial charge in [-0.15, -0.1) is 0 Å². The molecular weight excluding hydrogens is 300 g/mol. The van der Waals surface area contributed by atoms with Crippen LogP contribution in [-0.4, -0.2) is 6.54 Å². The van der Waals surface area contributed by atoms with E-state index in [0.717, 1.165) is 19.4 Å². The molecule has 0 amide bonds. The van der Waals surface area contributed by atoms with Gasteiger partial charge in [0.05, 0.1) is 4.47 Å². The Morgan fingerprint density at radius 1 is 1.28 bits per heavy atom. The monoisotopic (exact) mass is 319 g/mol. The van der Waals surface area contributed by atoms with Crippen molar-refractivity contribution in [2.45, 2.75) is 39.7 Å². The van der Waals surface area contributed by atoms with E-state index < -0.39 is 11.6 Å². The van der Waals surface area contributed by atoms with E-state index in [-0.39, 0.29) is 17.5 Å². The third kappa shape index (κ3) is 3.51. The van der Waals surface area contributed by atoms with Crippen LogP contribution in [0.2, 0.25) is 0 Å². The number of hydrogen-bond donors (Lipinski definition) is 1. The zero-order valence-electron chi connectivity index (χ0n) is 11.1. The van der Waals surface area contributed by atoms with Crippen LogP contribution in [-0.2, 0) is 0 Å². The molecule has 1 nitrogen and oxygen atoms in total. The topological polar surface area (TPSA) is 12.0 Å². The van der Waals surface area contributed by atoms with E-state index in [9.17, 15) is 8.78 Å². The highest BCUT2D eigenvalue weighted by molar-refractivity contribution is 9.10. The van der Waals surface area contributed by atoms with Gasteiger partial charge in [-0.25, -0.2) is 8.78 Å².